The predicted octanol–water partition coefficient (Wildman–Crippen LogP) is 3.52. The zero-order valence-electron chi connectivity index (χ0n) is 15.3. The summed E-state index contributed by atoms with van der Waals surface area (Å²) in [7, 11) is 0. The molecular formula is C20H24N4O2. The van der Waals surface area contributed by atoms with Gasteiger partial charge in [0, 0.05) is 42.4 Å². The molecule has 0 saturated carbocycles. The highest BCUT2D eigenvalue weighted by atomic mass is 16.2. The Morgan fingerprint density at radius 2 is 1.92 bits per heavy atom. The summed E-state index contributed by atoms with van der Waals surface area (Å²) in [5, 5.41) is 5.54. The van der Waals surface area contributed by atoms with Crippen molar-refractivity contribution < 1.29 is 9.59 Å². The fraction of sp³-hybridized carbons (Fsp3) is 0.350. The highest BCUT2D eigenvalue weighted by Gasteiger charge is 2.31. The molecule has 1 atom stereocenters. The Morgan fingerprint density at radius 3 is 2.62 bits per heavy atom. The Balaban J connectivity index is 1.72. The molecule has 6 nitrogen and oxygen atoms in total. The van der Waals surface area contributed by atoms with Gasteiger partial charge in [0.05, 0.1) is 0 Å². The van der Waals surface area contributed by atoms with Crippen molar-refractivity contribution in [2.24, 2.45) is 0 Å². The first-order valence-corrected chi connectivity index (χ1v) is 8.72. The first-order valence-electron chi connectivity index (χ1n) is 8.72. The van der Waals surface area contributed by atoms with Crippen molar-refractivity contribution in [2.45, 2.75) is 38.6 Å². The molecule has 136 valence electrons. The maximum absolute atomic E-state index is 12.5. The van der Waals surface area contributed by atoms with E-state index in [0.29, 0.717) is 18.8 Å². The summed E-state index contributed by atoms with van der Waals surface area (Å²) in [6.45, 7) is 6.34. The van der Waals surface area contributed by atoms with Crippen LogP contribution in [0.25, 0.3) is 0 Å². The monoisotopic (exact) mass is 352 g/mol. The minimum Gasteiger partial charge on any atom is -0.333 e. The number of anilines is 2. The largest absolute Gasteiger partial charge is 0.333 e. The van der Waals surface area contributed by atoms with Gasteiger partial charge in [-0.1, -0.05) is 30.3 Å². The van der Waals surface area contributed by atoms with Crippen LogP contribution in [0.2, 0.25) is 0 Å². The maximum atomic E-state index is 12.5. The number of nitrogens with one attached hydrogen (secondary N) is 2. The Bertz CT molecular complexity index is 799. The number of amides is 3. The zero-order chi connectivity index (χ0) is 18.7. The Morgan fingerprint density at radius 1 is 1.19 bits per heavy atom. The van der Waals surface area contributed by atoms with Crippen LogP contribution in [0, 0.1) is 0 Å². The summed E-state index contributed by atoms with van der Waals surface area (Å²) in [4.78, 5) is 30.4. The molecular weight excluding hydrogens is 328 g/mol. The van der Waals surface area contributed by atoms with E-state index in [0.717, 1.165) is 5.69 Å². The maximum Gasteiger partial charge on any atom is 0.320 e. The number of rotatable bonds is 3. The van der Waals surface area contributed by atoms with E-state index in [1.807, 2.05) is 39.0 Å². The third kappa shape index (κ3) is 4.39. The summed E-state index contributed by atoms with van der Waals surface area (Å²) >= 11 is 0. The van der Waals surface area contributed by atoms with Gasteiger partial charge in [-0.15, -0.1) is 0 Å². The van der Waals surface area contributed by atoms with Gasteiger partial charge < -0.3 is 10.2 Å². The van der Waals surface area contributed by atoms with Crippen molar-refractivity contribution in [3.8, 4) is 0 Å². The van der Waals surface area contributed by atoms with Crippen molar-refractivity contribution in [1.29, 1.82) is 0 Å². The Hall–Kier alpha value is -2.89. The molecule has 1 saturated heterocycles. The first-order chi connectivity index (χ1) is 12.3. The molecule has 0 aliphatic carbocycles. The molecule has 1 aliphatic rings. The summed E-state index contributed by atoms with van der Waals surface area (Å²) in [6, 6.07) is 13.3. The van der Waals surface area contributed by atoms with Crippen LogP contribution in [0.15, 0.2) is 48.7 Å². The van der Waals surface area contributed by atoms with Crippen molar-refractivity contribution in [1.82, 2.24) is 10.3 Å². The highest BCUT2D eigenvalue weighted by molar-refractivity contribution is 5.97. The van der Waals surface area contributed by atoms with Gasteiger partial charge in [0.1, 0.15) is 5.82 Å². The second-order valence-electron chi connectivity index (χ2n) is 7.54. The second kappa shape index (κ2) is 7.15. The fourth-order valence-electron chi connectivity index (χ4n) is 3.05. The van der Waals surface area contributed by atoms with Crippen LogP contribution >= 0.6 is 0 Å². The van der Waals surface area contributed by atoms with Gasteiger partial charge in [-0.05, 0) is 32.4 Å². The molecule has 2 N–H and O–H groups in total. The van der Waals surface area contributed by atoms with Gasteiger partial charge in [0.2, 0.25) is 5.91 Å². The van der Waals surface area contributed by atoms with Crippen LogP contribution in [-0.4, -0.2) is 29.0 Å². The van der Waals surface area contributed by atoms with E-state index in [1.165, 1.54) is 5.56 Å². The molecule has 1 aromatic carbocycles. The molecule has 1 fully saturated rings. The van der Waals surface area contributed by atoms with Crippen LogP contribution in [0.5, 0.6) is 0 Å². The molecule has 0 bridgehead atoms. The normalized spacial score (nSPS) is 17.3. The SMILES string of the molecule is CC(C)(C)NC(=O)Nc1cc(N2CC(c3ccccc3)CC2=O)ccn1. The zero-order valence-corrected chi connectivity index (χ0v) is 15.3. The molecule has 1 aliphatic heterocycles. The van der Waals surface area contributed by atoms with Gasteiger partial charge in [0.25, 0.3) is 0 Å². The summed E-state index contributed by atoms with van der Waals surface area (Å²) in [5.41, 5.74) is 1.57. The lowest BCUT2D eigenvalue weighted by molar-refractivity contribution is -0.117. The second-order valence-corrected chi connectivity index (χ2v) is 7.54. The molecule has 0 spiro atoms. The quantitative estimate of drug-likeness (QED) is 0.887. The average molecular weight is 352 g/mol. The molecule has 2 aromatic rings. The van der Waals surface area contributed by atoms with Crippen LogP contribution in [0.3, 0.4) is 0 Å². The number of hydrogen-bond acceptors (Lipinski definition) is 3. The molecule has 1 unspecified atom stereocenters. The predicted molar refractivity (Wildman–Crippen MR) is 102 cm³/mol. The minimum absolute atomic E-state index is 0.0788. The summed E-state index contributed by atoms with van der Waals surface area (Å²) < 4.78 is 0. The lowest BCUT2D eigenvalue weighted by Crippen LogP contribution is -2.43. The smallest absolute Gasteiger partial charge is 0.320 e. The molecule has 0 radical (unpaired) electrons. The Labute approximate surface area is 153 Å². The van der Waals surface area contributed by atoms with Crippen LogP contribution in [-0.2, 0) is 4.79 Å². The van der Waals surface area contributed by atoms with E-state index in [-0.39, 0.29) is 23.4 Å². The number of urea groups is 1. The molecule has 6 heteroatoms. The molecule has 1 aromatic heterocycles. The molecule has 2 heterocycles. The van der Waals surface area contributed by atoms with E-state index in [9.17, 15) is 9.59 Å². The minimum atomic E-state index is -0.338. The van der Waals surface area contributed by atoms with Gasteiger partial charge in [-0.3, -0.25) is 10.1 Å². The third-order valence-corrected chi connectivity index (χ3v) is 4.18. The first kappa shape index (κ1) is 17.9. The molecule has 3 rings (SSSR count). The topological polar surface area (TPSA) is 74.3 Å². The van der Waals surface area contributed by atoms with E-state index < -0.39 is 0 Å². The van der Waals surface area contributed by atoms with Crippen LogP contribution in [0.1, 0.15) is 38.7 Å². The van der Waals surface area contributed by atoms with E-state index in [4.69, 9.17) is 0 Å². The Kier molecular flexibility index (Phi) is 4.93. The molecule has 26 heavy (non-hydrogen) atoms. The van der Waals surface area contributed by atoms with Gasteiger partial charge in [-0.25, -0.2) is 9.78 Å². The fourth-order valence-corrected chi connectivity index (χ4v) is 3.05. The number of aromatic nitrogens is 1. The molecule has 3 amide bonds. The van der Waals surface area contributed by atoms with E-state index in [1.54, 1.807) is 23.2 Å². The number of carbonyl (C=O) groups is 2. The highest BCUT2D eigenvalue weighted by Crippen LogP contribution is 2.32. The van der Waals surface area contributed by atoms with Gasteiger partial charge in [0.15, 0.2) is 0 Å². The number of hydrogen-bond donors (Lipinski definition) is 2. The van der Waals surface area contributed by atoms with Crippen molar-refractivity contribution in [3.05, 3.63) is 54.2 Å². The van der Waals surface area contributed by atoms with Crippen LogP contribution in [0.4, 0.5) is 16.3 Å². The summed E-state index contributed by atoms with van der Waals surface area (Å²) in [6.07, 6.45) is 2.09. The van der Waals surface area contributed by atoms with Crippen molar-refractivity contribution in [2.75, 3.05) is 16.8 Å². The lowest BCUT2D eigenvalue weighted by Gasteiger charge is -2.21. The average Bonchev–Trinajstić information content (AvgIpc) is 2.96. The number of nitrogens with zero attached hydrogens (tertiary/aromatic N) is 2. The summed E-state index contributed by atoms with van der Waals surface area (Å²) in [5.74, 6) is 0.674. The van der Waals surface area contributed by atoms with Crippen molar-refractivity contribution in [3.63, 3.8) is 0 Å². The lowest BCUT2D eigenvalue weighted by atomic mass is 9.99. The number of pyridine rings is 1. The standard InChI is InChI=1S/C20H24N4O2/c1-20(2,3)23-19(26)22-17-12-16(9-10-21-17)24-13-15(11-18(24)25)14-7-5-4-6-8-14/h4-10,12,15H,11,13H2,1-3H3,(H2,21,22,23,26). The van der Waals surface area contributed by atoms with Gasteiger partial charge in [-0.2, -0.15) is 0 Å². The van der Waals surface area contributed by atoms with Crippen LogP contribution < -0.4 is 15.5 Å². The van der Waals surface area contributed by atoms with Crippen molar-refractivity contribution >= 4 is 23.4 Å². The van der Waals surface area contributed by atoms with E-state index in [2.05, 4.69) is 27.8 Å². The van der Waals surface area contributed by atoms with Gasteiger partial charge >= 0.3 is 6.03 Å². The number of carbonyl (C=O) groups excluding carboxylic acids is 2. The number of benzene rings is 1. The van der Waals surface area contributed by atoms with E-state index >= 15 is 0 Å². The third-order valence-electron chi connectivity index (χ3n) is 4.18.